The molecule has 5 heteroatoms. The summed E-state index contributed by atoms with van der Waals surface area (Å²) in [4.78, 5) is 14.1. The Morgan fingerprint density at radius 3 is 2.42 bits per heavy atom. The van der Waals surface area contributed by atoms with Gasteiger partial charge in [-0.2, -0.15) is 0 Å². The van der Waals surface area contributed by atoms with Gasteiger partial charge in [-0.3, -0.25) is 9.69 Å². The number of carboxylic acids is 1. The minimum absolute atomic E-state index is 0.244. The molecule has 0 saturated heterocycles. The fourth-order valence-corrected chi connectivity index (χ4v) is 2.65. The van der Waals surface area contributed by atoms with Crippen LogP contribution < -0.4 is 0 Å². The second-order valence-electron chi connectivity index (χ2n) is 4.75. The first-order valence-corrected chi connectivity index (χ1v) is 7.23. The van der Waals surface area contributed by atoms with Gasteiger partial charge in [-0.1, -0.05) is 6.92 Å². The fourth-order valence-electron chi connectivity index (χ4n) is 1.77. The second kappa shape index (κ2) is 6.91. The Morgan fingerprint density at radius 1 is 1.37 bits per heavy atom. The number of carboxylic acid groups (broad SMARTS) is 1. The molecule has 0 unspecified atom stereocenters. The van der Waals surface area contributed by atoms with Gasteiger partial charge in [0.15, 0.2) is 0 Å². The number of rotatable bonds is 7. The van der Waals surface area contributed by atoms with Crippen LogP contribution >= 0.6 is 11.8 Å². The molecule has 0 aliphatic heterocycles. The number of carbonyl (C=O) groups is 1. The Hall–Kier alpha value is -1.07. The van der Waals surface area contributed by atoms with Gasteiger partial charge in [0.05, 0.1) is 0 Å². The third-order valence-corrected chi connectivity index (χ3v) is 4.13. The van der Waals surface area contributed by atoms with Crippen molar-refractivity contribution < 1.29 is 14.3 Å². The van der Waals surface area contributed by atoms with Crippen LogP contribution in [0.3, 0.4) is 0 Å². The average molecular weight is 285 g/mol. The van der Waals surface area contributed by atoms with Gasteiger partial charge in [-0.25, -0.2) is 4.39 Å². The minimum Gasteiger partial charge on any atom is -0.480 e. The van der Waals surface area contributed by atoms with E-state index in [1.165, 1.54) is 12.1 Å². The number of nitrogens with zero attached hydrogens (tertiary/aromatic N) is 1. The molecule has 0 amide bonds. The summed E-state index contributed by atoms with van der Waals surface area (Å²) in [5.41, 5.74) is -0.863. The molecule has 1 rings (SSSR count). The summed E-state index contributed by atoms with van der Waals surface area (Å²) in [7, 11) is 0. The third-order valence-electron chi connectivity index (χ3n) is 3.14. The van der Waals surface area contributed by atoms with Crippen molar-refractivity contribution in [1.29, 1.82) is 0 Å². The number of hydrogen-bond acceptors (Lipinski definition) is 3. The Kier molecular flexibility index (Phi) is 5.82. The van der Waals surface area contributed by atoms with Crippen molar-refractivity contribution in [2.24, 2.45) is 0 Å². The van der Waals surface area contributed by atoms with E-state index in [-0.39, 0.29) is 5.82 Å². The molecule has 0 atom stereocenters. The van der Waals surface area contributed by atoms with Gasteiger partial charge >= 0.3 is 5.97 Å². The summed E-state index contributed by atoms with van der Waals surface area (Å²) < 4.78 is 12.8. The van der Waals surface area contributed by atoms with Gasteiger partial charge in [0.25, 0.3) is 0 Å². The number of thioether (sulfide) groups is 1. The molecule has 1 N–H and O–H groups in total. The summed E-state index contributed by atoms with van der Waals surface area (Å²) in [6, 6.07) is 6.33. The number of likely N-dealkylation sites (N-methyl/N-ethyl adjacent to an activating group) is 1. The van der Waals surface area contributed by atoms with Crippen molar-refractivity contribution in [3.05, 3.63) is 30.1 Å². The zero-order chi connectivity index (χ0) is 14.5. The van der Waals surface area contributed by atoms with E-state index in [1.54, 1.807) is 37.7 Å². The standard InChI is InChI=1S/C14H20FNO2S/c1-4-16(14(2,3)13(17)18)9-10-19-12-7-5-11(15)6-8-12/h5-8H,4,9-10H2,1-3H3,(H,17,18). The highest BCUT2D eigenvalue weighted by Gasteiger charge is 2.33. The van der Waals surface area contributed by atoms with Crippen molar-refractivity contribution >= 4 is 17.7 Å². The van der Waals surface area contributed by atoms with E-state index in [0.717, 1.165) is 10.6 Å². The van der Waals surface area contributed by atoms with Crippen LogP contribution in [0, 0.1) is 5.82 Å². The molecule has 3 nitrogen and oxygen atoms in total. The van der Waals surface area contributed by atoms with Crippen molar-refractivity contribution in [1.82, 2.24) is 4.90 Å². The van der Waals surface area contributed by atoms with E-state index in [0.29, 0.717) is 13.1 Å². The molecule has 0 radical (unpaired) electrons. The molecule has 0 bridgehead atoms. The Balaban J connectivity index is 2.50. The van der Waals surface area contributed by atoms with Gasteiger partial charge < -0.3 is 5.11 Å². The summed E-state index contributed by atoms with van der Waals surface area (Å²) in [6.45, 7) is 6.73. The summed E-state index contributed by atoms with van der Waals surface area (Å²) in [5, 5.41) is 9.20. The van der Waals surface area contributed by atoms with Crippen molar-refractivity contribution in [2.75, 3.05) is 18.8 Å². The third kappa shape index (κ3) is 4.51. The number of benzene rings is 1. The molecule has 0 spiro atoms. The van der Waals surface area contributed by atoms with E-state index in [9.17, 15) is 14.3 Å². The van der Waals surface area contributed by atoms with Crippen LogP contribution in [0.1, 0.15) is 20.8 Å². The smallest absolute Gasteiger partial charge is 0.323 e. The first-order chi connectivity index (χ1) is 8.87. The molecular weight excluding hydrogens is 265 g/mol. The molecule has 0 aliphatic rings. The van der Waals surface area contributed by atoms with Gasteiger partial charge in [0.1, 0.15) is 11.4 Å². The van der Waals surface area contributed by atoms with Gasteiger partial charge in [-0.15, -0.1) is 11.8 Å². The first-order valence-electron chi connectivity index (χ1n) is 6.24. The summed E-state index contributed by atoms with van der Waals surface area (Å²) in [5.74, 6) is -0.288. The highest BCUT2D eigenvalue weighted by Crippen LogP contribution is 2.20. The maximum absolute atomic E-state index is 12.8. The topological polar surface area (TPSA) is 40.5 Å². The SMILES string of the molecule is CCN(CCSc1ccc(F)cc1)C(C)(C)C(=O)O. The normalized spacial score (nSPS) is 11.8. The molecule has 106 valence electrons. The minimum atomic E-state index is -0.863. The van der Waals surface area contributed by atoms with Crippen LogP contribution in [0.15, 0.2) is 29.2 Å². The molecule has 1 aromatic carbocycles. The lowest BCUT2D eigenvalue weighted by Gasteiger charge is -2.33. The highest BCUT2D eigenvalue weighted by molar-refractivity contribution is 7.99. The van der Waals surface area contributed by atoms with E-state index in [1.807, 2.05) is 11.8 Å². The van der Waals surface area contributed by atoms with E-state index >= 15 is 0 Å². The molecule has 0 aromatic heterocycles. The first kappa shape index (κ1) is 16.0. The predicted molar refractivity (Wildman–Crippen MR) is 76.1 cm³/mol. The summed E-state index contributed by atoms with van der Waals surface area (Å²) >= 11 is 1.60. The highest BCUT2D eigenvalue weighted by atomic mass is 32.2. The predicted octanol–water partition coefficient (Wildman–Crippen LogP) is 3.10. The molecule has 0 heterocycles. The maximum atomic E-state index is 12.8. The zero-order valence-electron chi connectivity index (χ0n) is 11.5. The molecule has 19 heavy (non-hydrogen) atoms. The lowest BCUT2D eigenvalue weighted by Crippen LogP contribution is -2.50. The lowest BCUT2D eigenvalue weighted by molar-refractivity contribution is -0.149. The van der Waals surface area contributed by atoms with Crippen LogP contribution in [0.2, 0.25) is 0 Å². The average Bonchev–Trinajstić information content (AvgIpc) is 2.36. The second-order valence-corrected chi connectivity index (χ2v) is 5.91. The van der Waals surface area contributed by atoms with Crippen molar-refractivity contribution in [3.8, 4) is 0 Å². The van der Waals surface area contributed by atoms with Crippen LogP contribution in [0.5, 0.6) is 0 Å². The number of halogens is 1. The number of aliphatic carboxylic acids is 1. The van der Waals surface area contributed by atoms with E-state index < -0.39 is 11.5 Å². The molecular formula is C14H20FNO2S. The van der Waals surface area contributed by atoms with E-state index in [2.05, 4.69) is 0 Å². The van der Waals surface area contributed by atoms with Crippen molar-refractivity contribution in [2.45, 2.75) is 31.2 Å². The van der Waals surface area contributed by atoms with Crippen LogP contribution in [-0.2, 0) is 4.79 Å². The molecule has 0 aliphatic carbocycles. The van der Waals surface area contributed by atoms with Crippen molar-refractivity contribution in [3.63, 3.8) is 0 Å². The lowest BCUT2D eigenvalue weighted by atomic mass is 10.0. The maximum Gasteiger partial charge on any atom is 0.323 e. The molecule has 0 fully saturated rings. The molecule has 1 aromatic rings. The monoisotopic (exact) mass is 285 g/mol. The number of hydrogen-bond donors (Lipinski definition) is 1. The van der Waals surface area contributed by atoms with Gasteiger partial charge in [0, 0.05) is 17.2 Å². The van der Waals surface area contributed by atoms with Gasteiger partial charge in [0.2, 0.25) is 0 Å². The van der Waals surface area contributed by atoms with Gasteiger partial charge in [-0.05, 0) is 44.7 Å². The van der Waals surface area contributed by atoms with Crippen LogP contribution in [-0.4, -0.2) is 40.4 Å². The van der Waals surface area contributed by atoms with E-state index in [4.69, 9.17) is 0 Å². The Morgan fingerprint density at radius 2 is 1.95 bits per heavy atom. The summed E-state index contributed by atoms with van der Waals surface area (Å²) in [6.07, 6.45) is 0. The zero-order valence-corrected chi connectivity index (χ0v) is 12.3. The fraction of sp³-hybridized carbons (Fsp3) is 0.500. The largest absolute Gasteiger partial charge is 0.480 e. The quantitative estimate of drug-likeness (QED) is 0.782. The molecule has 0 saturated carbocycles. The Bertz CT molecular complexity index is 420. The Labute approximate surface area is 117 Å². The van der Waals surface area contributed by atoms with Crippen LogP contribution in [0.25, 0.3) is 0 Å². The van der Waals surface area contributed by atoms with Crippen LogP contribution in [0.4, 0.5) is 4.39 Å².